The lowest BCUT2D eigenvalue weighted by atomic mass is 10.1. The van der Waals surface area contributed by atoms with Crippen LogP contribution in [0.5, 0.6) is 0 Å². The second-order valence-electron chi connectivity index (χ2n) is 5.73. The normalized spacial score (nSPS) is 11.9. The van der Waals surface area contributed by atoms with Crippen molar-refractivity contribution in [1.29, 1.82) is 0 Å². The standard InChI is InChI=1S/C18H18FN5OS/c1-13(15-7-9-16(19)10-8-15)20-17(25)12-26-18-21-22-23-24(18)11-14-5-3-2-4-6-14/h2-10,13H,11-12H2,1H3,(H,20,25). The number of nitrogens with one attached hydrogen (secondary N) is 1. The van der Waals surface area contributed by atoms with Crippen molar-refractivity contribution in [2.75, 3.05) is 5.75 Å². The van der Waals surface area contributed by atoms with Gasteiger partial charge in [0.25, 0.3) is 0 Å². The van der Waals surface area contributed by atoms with Crippen molar-refractivity contribution in [3.8, 4) is 0 Å². The topological polar surface area (TPSA) is 72.7 Å². The van der Waals surface area contributed by atoms with Crippen LogP contribution >= 0.6 is 11.8 Å². The number of tetrazole rings is 1. The Kier molecular flexibility index (Phi) is 5.96. The predicted molar refractivity (Wildman–Crippen MR) is 97.0 cm³/mol. The maximum atomic E-state index is 13.0. The van der Waals surface area contributed by atoms with Crippen molar-refractivity contribution in [2.45, 2.75) is 24.7 Å². The summed E-state index contributed by atoms with van der Waals surface area (Å²) in [5, 5.41) is 15.1. The molecule has 1 unspecified atom stereocenters. The van der Waals surface area contributed by atoms with E-state index in [9.17, 15) is 9.18 Å². The van der Waals surface area contributed by atoms with E-state index in [4.69, 9.17) is 0 Å². The summed E-state index contributed by atoms with van der Waals surface area (Å²) in [7, 11) is 0. The van der Waals surface area contributed by atoms with E-state index < -0.39 is 0 Å². The van der Waals surface area contributed by atoms with Gasteiger partial charge in [-0.3, -0.25) is 4.79 Å². The molecule has 0 radical (unpaired) electrons. The molecule has 8 heteroatoms. The Labute approximate surface area is 154 Å². The van der Waals surface area contributed by atoms with Crippen LogP contribution in [0.3, 0.4) is 0 Å². The Bertz CT molecular complexity index is 854. The Morgan fingerprint density at radius 3 is 2.65 bits per heavy atom. The lowest BCUT2D eigenvalue weighted by Gasteiger charge is -2.14. The summed E-state index contributed by atoms with van der Waals surface area (Å²) in [6.07, 6.45) is 0. The number of benzene rings is 2. The number of aromatic nitrogens is 4. The number of carbonyl (C=O) groups excluding carboxylic acids is 1. The summed E-state index contributed by atoms with van der Waals surface area (Å²) in [5.41, 5.74) is 1.93. The average Bonchev–Trinajstić information content (AvgIpc) is 3.08. The van der Waals surface area contributed by atoms with Gasteiger partial charge in [-0.05, 0) is 40.6 Å². The maximum Gasteiger partial charge on any atom is 0.230 e. The zero-order chi connectivity index (χ0) is 18.4. The minimum Gasteiger partial charge on any atom is -0.349 e. The third-order valence-electron chi connectivity index (χ3n) is 3.75. The van der Waals surface area contributed by atoms with E-state index in [2.05, 4.69) is 20.8 Å². The molecule has 0 aliphatic rings. The van der Waals surface area contributed by atoms with Gasteiger partial charge >= 0.3 is 0 Å². The molecule has 0 aliphatic carbocycles. The highest BCUT2D eigenvalue weighted by atomic mass is 32.2. The molecular weight excluding hydrogens is 353 g/mol. The summed E-state index contributed by atoms with van der Waals surface area (Å²) in [6.45, 7) is 2.40. The summed E-state index contributed by atoms with van der Waals surface area (Å²) in [6, 6.07) is 15.7. The molecule has 1 amide bonds. The van der Waals surface area contributed by atoms with Crippen LogP contribution in [0, 0.1) is 5.82 Å². The highest BCUT2D eigenvalue weighted by Crippen LogP contribution is 2.17. The van der Waals surface area contributed by atoms with E-state index in [0.717, 1.165) is 11.1 Å². The van der Waals surface area contributed by atoms with Crippen molar-refractivity contribution in [3.05, 3.63) is 71.5 Å². The number of carbonyl (C=O) groups is 1. The minimum absolute atomic E-state index is 0.138. The van der Waals surface area contributed by atoms with Crippen LogP contribution in [0.1, 0.15) is 24.1 Å². The quantitative estimate of drug-likeness (QED) is 0.647. The number of halogens is 1. The number of rotatable bonds is 7. The molecule has 1 heterocycles. The van der Waals surface area contributed by atoms with Gasteiger partial charge in [-0.25, -0.2) is 9.07 Å². The first-order chi connectivity index (χ1) is 12.6. The molecular formula is C18H18FN5OS. The number of amides is 1. The van der Waals surface area contributed by atoms with Crippen molar-refractivity contribution < 1.29 is 9.18 Å². The van der Waals surface area contributed by atoms with Crippen LogP contribution < -0.4 is 5.32 Å². The van der Waals surface area contributed by atoms with Crippen LogP contribution in [-0.4, -0.2) is 31.9 Å². The first-order valence-corrected chi connectivity index (χ1v) is 9.08. The van der Waals surface area contributed by atoms with E-state index >= 15 is 0 Å². The van der Waals surface area contributed by atoms with Crippen LogP contribution in [0.2, 0.25) is 0 Å². The highest BCUT2D eigenvalue weighted by molar-refractivity contribution is 7.99. The molecule has 3 rings (SSSR count). The van der Waals surface area contributed by atoms with Gasteiger partial charge in [0.15, 0.2) is 0 Å². The number of nitrogens with zero attached hydrogens (tertiary/aromatic N) is 4. The Hall–Kier alpha value is -2.74. The fourth-order valence-electron chi connectivity index (χ4n) is 2.40. The summed E-state index contributed by atoms with van der Waals surface area (Å²) < 4.78 is 14.6. The highest BCUT2D eigenvalue weighted by Gasteiger charge is 2.13. The predicted octanol–water partition coefficient (Wildman–Crippen LogP) is 2.83. The molecule has 6 nitrogen and oxygen atoms in total. The van der Waals surface area contributed by atoms with E-state index in [1.165, 1.54) is 23.9 Å². The van der Waals surface area contributed by atoms with E-state index in [1.807, 2.05) is 37.3 Å². The molecule has 0 bridgehead atoms. The summed E-state index contributed by atoms with van der Waals surface area (Å²) >= 11 is 1.28. The van der Waals surface area contributed by atoms with Gasteiger partial charge in [-0.15, -0.1) is 5.10 Å². The fourth-order valence-corrected chi connectivity index (χ4v) is 3.09. The van der Waals surface area contributed by atoms with Crippen LogP contribution in [0.25, 0.3) is 0 Å². The van der Waals surface area contributed by atoms with E-state index in [1.54, 1.807) is 16.8 Å². The molecule has 1 atom stereocenters. The van der Waals surface area contributed by atoms with Crippen molar-refractivity contribution in [3.63, 3.8) is 0 Å². The van der Waals surface area contributed by atoms with Crippen LogP contribution in [0.15, 0.2) is 59.8 Å². The number of thioether (sulfide) groups is 1. The van der Waals surface area contributed by atoms with E-state index in [-0.39, 0.29) is 23.5 Å². The van der Waals surface area contributed by atoms with E-state index in [0.29, 0.717) is 11.7 Å². The smallest absolute Gasteiger partial charge is 0.230 e. The van der Waals surface area contributed by atoms with Crippen molar-refractivity contribution in [2.24, 2.45) is 0 Å². The SMILES string of the molecule is CC(NC(=O)CSc1nnnn1Cc1ccccc1)c1ccc(F)cc1. The second kappa shape index (κ2) is 8.57. The lowest BCUT2D eigenvalue weighted by Crippen LogP contribution is -2.28. The molecule has 0 fully saturated rings. The third kappa shape index (κ3) is 4.89. The second-order valence-corrected chi connectivity index (χ2v) is 6.68. The van der Waals surface area contributed by atoms with Gasteiger partial charge < -0.3 is 5.32 Å². The first kappa shape index (κ1) is 18.1. The Balaban J connectivity index is 1.53. The van der Waals surface area contributed by atoms with Crippen molar-refractivity contribution in [1.82, 2.24) is 25.5 Å². The summed E-state index contributed by atoms with van der Waals surface area (Å²) in [4.78, 5) is 12.2. The molecule has 1 N–H and O–H groups in total. The molecule has 26 heavy (non-hydrogen) atoms. The molecule has 0 spiro atoms. The zero-order valence-corrected chi connectivity index (χ0v) is 15.0. The van der Waals surface area contributed by atoms with Gasteiger partial charge in [0.2, 0.25) is 11.1 Å². The first-order valence-electron chi connectivity index (χ1n) is 8.09. The molecule has 0 saturated heterocycles. The minimum atomic E-state index is -0.298. The molecule has 0 saturated carbocycles. The van der Waals surface area contributed by atoms with Gasteiger partial charge in [-0.2, -0.15) is 0 Å². The van der Waals surface area contributed by atoms with Gasteiger partial charge in [0, 0.05) is 0 Å². The molecule has 134 valence electrons. The number of hydrogen-bond donors (Lipinski definition) is 1. The monoisotopic (exact) mass is 371 g/mol. The average molecular weight is 371 g/mol. The Morgan fingerprint density at radius 1 is 1.19 bits per heavy atom. The van der Waals surface area contributed by atoms with Crippen molar-refractivity contribution >= 4 is 17.7 Å². The largest absolute Gasteiger partial charge is 0.349 e. The third-order valence-corrected chi connectivity index (χ3v) is 4.71. The Morgan fingerprint density at radius 2 is 1.92 bits per heavy atom. The van der Waals surface area contributed by atoms with Gasteiger partial charge in [0.05, 0.1) is 18.3 Å². The van der Waals surface area contributed by atoms with Crippen LogP contribution in [0.4, 0.5) is 4.39 Å². The molecule has 3 aromatic rings. The molecule has 1 aromatic heterocycles. The molecule has 0 aliphatic heterocycles. The number of hydrogen-bond acceptors (Lipinski definition) is 5. The van der Waals surface area contributed by atoms with Crippen LogP contribution in [-0.2, 0) is 11.3 Å². The van der Waals surface area contributed by atoms with Gasteiger partial charge in [-0.1, -0.05) is 54.2 Å². The summed E-state index contributed by atoms with van der Waals surface area (Å²) in [5.74, 6) is -0.241. The lowest BCUT2D eigenvalue weighted by molar-refractivity contribution is -0.119. The van der Waals surface area contributed by atoms with Gasteiger partial charge in [0.1, 0.15) is 5.82 Å². The molecule has 2 aromatic carbocycles. The fraction of sp³-hybridized carbons (Fsp3) is 0.222. The maximum absolute atomic E-state index is 13.0. The zero-order valence-electron chi connectivity index (χ0n) is 14.2.